The van der Waals surface area contributed by atoms with Crippen LogP contribution in [-0.4, -0.2) is 23.1 Å². The van der Waals surface area contributed by atoms with E-state index in [0.717, 1.165) is 23.8 Å². The van der Waals surface area contributed by atoms with Crippen LogP contribution in [0.5, 0.6) is 0 Å². The van der Waals surface area contributed by atoms with Crippen molar-refractivity contribution in [3.8, 4) is 0 Å². The molecular weight excluding hydrogens is 386 g/mol. The van der Waals surface area contributed by atoms with E-state index >= 15 is 0 Å². The summed E-state index contributed by atoms with van der Waals surface area (Å²) >= 11 is 0. The Kier molecular flexibility index (Phi) is 5.06. The van der Waals surface area contributed by atoms with Crippen LogP contribution in [-0.2, 0) is 17.5 Å². The Balaban J connectivity index is 1.55. The lowest BCUT2D eigenvalue weighted by Crippen LogP contribution is -2.43. The van der Waals surface area contributed by atoms with Crippen LogP contribution in [0.3, 0.4) is 0 Å². The normalized spacial score (nSPS) is 21.1. The van der Waals surface area contributed by atoms with Crippen molar-refractivity contribution in [3.05, 3.63) is 77.1 Å². The van der Waals surface area contributed by atoms with E-state index in [9.17, 15) is 22.4 Å². The Bertz CT molecular complexity index is 940. The number of hydrogen-bond acceptors (Lipinski definition) is 2. The summed E-state index contributed by atoms with van der Waals surface area (Å²) in [7, 11) is 0. The van der Waals surface area contributed by atoms with Gasteiger partial charge in [0, 0.05) is 6.04 Å². The summed E-state index contributed by atoms with van der Waals surface area (Å²) in [5.41, 5.74) is 0.281. The van der Waals surface area contributed by atoms with Crippen molar-refractivity contribution in [1.82, 2.24) is 4.90 Å². The van der Waals surface area contributed by atoms with Crippen LogP contribution < -0.4 is 0 Å². The van der Waals surface area contributed by atoms with Crippen molar-refractivity contribution in [2.75, 3.05) is 0 Å². The maximum absolute atomic E-state index is 13.7. The van der Waals surface area contributed by atoms with E-state index in [1.54, 1.807) is 11.0 Å². The van der Waals surface area contributed by atoms with E-state index in [4.69, 9.17) is 4.74 Å². The van der Waals surface area contributed by atoms with Gasteiger partial charge in [0.1, 0.15) is 12.4 Å². The molecule has 29 heavy (non-hydrogen) atoms. The number of alkyl halides is 3. The first kappa shape index (κ1) is 19.5. The molecule has 0 N–H and O–H groups in total. The van der Waals surface area contributed by atoms with Crippen LogP contribution in [0, 0.1) is 5.82 Å². The molecule has 2 atom stereocenters. The van der Waals surface area contributed by atoms with Gasteiger partial charge in [0.25, 0.3) is 0 Å². The van der Waals surface area contributed by atoms with E-state index in [1.165, 1.54) is 0 Å². The number of ether oxygens (including phenoxy) is 1. The van der Waals surface area contributed by atoms with Crippen molar-refractivity contribution in [3.63, 3.8) is 0 Å². The third kappa shape index (κ3) is 3.99. The van der Waals surface area contributed by atoms with Crippen molar-refractivity contribution in [2.24, 2.45) is 0 Å². The number of fused-ring (bicyclic) bond motifs is 2. The number of hydrogen-bond donors (Lipinski definition) is 0. The molecule has 152 valence electrons. The number of halogens is 4. The van der Waals surface area contributed by atoms with Gasteiger partial charge >= 0.3 is 12.3 Å². The molecule has 0 aromatic heterocycles. The van der Waals surface area contributed by atoms with E-state index in [0.29, 0.717) is 18.4 Å². The summed E-state index contributed by atoms with van der Waals surface area (Å²) in [5.74, 6) is -0.717. The minimum absolute atomic E-state index is 0.133. The minimum atomic E-state index is -4.57. The molecule has 2 aromatic carbocycles. The van der Waals surface area contributed by atoms with Gasteiger partial charge in [-0.1, -0.05) is 36.4 Å². The highest BCUT2D eigenvalue weighted by atomic mass is 19.4. The Hall–Kier alpha value is -2.83. The van der Waals surface area contributed by atoms with Gasteiger partial charge in [-0.25, -0.2) is 9.18 Å². The average molecular weight is 405 g/mol. The smallest absolute Gasteiger partial charge is 0.416 e. The molecule has 2 unspecified atom stereocenters. The Morgan fingerprint density at radius 1 is 1.10 bits per heavy atom. The van der Waals surface area contributed by atoms with Crippen LogP contribution in [0.1, 0.15) is 36.0 Å². The van der Waals surface area contributed by atoms with Crippen LogP contribution >= 0.6 is 0 Å². The molecule has 0 spiro atoms. The van der Waals surface area contributed by atoms with Crippen LogP contribution in [0.15, 0.2) is 54.6 Å². The van der Waals surface area contributed by atoms with Crippen molar-refractivity contribution in [1.29, 1.82) is 0 Å². The Morgan fingerprint density at radius 3 is 2.55 bits per heavy atom. The summed E-state index contributed by atoms with van der Waals surface area (Å²) in [5, 5.41) is 0. The maximum atomic E-state index is 13.7. The van der Waals surface area contributed by atoms with Crippen LogP contribution in [0.25, 0.3) is 5.57 Å². The molecule has 2 heterocycles. The fourth-order valence-electron chi connectivity index (χ4n) is 4.14. The summed E-state index contributed by atoms with van der Waals surface area (Å²) in [6.45, 7) is 0.133. The van der Waals surface area contributed by atoms with Gasteiger partial charge in [0.2, 0.25) is 0 Å². The molecule has 7 heteroatoms. The lowest BCUT2D eigenvalue weighted by atomic mass is 9.91. The largest absolute Gasteiger partial charge is 0.445 e. The van der Waals surface area contributed by atoms with Gasteiger partial charge in [-0.3, -0.25) is 4.90 Å². The molecule has 1 saturated heterocycles. The molecule has 2 aliphatic rings. The fraction of sp³-hybridized carbons (Fsp3) is 0.318. The van der Waals surface area contributed by atoms with Gasteiger partial charge in [-0.2, -0.15) is 13.2 Å². The molecule has 0 saturated carbocycles. The molecule has 2 aliphatic heterocycles. The maximum Gasteiger partial charge on any atom is 0.416 e. The van der Waals surface area contributed by atoms with Crippen LogP contribution in [0.4, 0.5) is 22.4 Å². The number of amides is 1. The first-order valence-electron chi connectivity index (χ1n) is 9.40. The molecule has 0 radical (unpaired) electrons. The highest BCUT2D eigenvalue weighted by molar-refractivity contribution is 5.76. The van der Waals surface area contributed by atoms with Gasteiger partial charge in [0.05, 0.1) is 11.6 Å². The first-order chi connectivity index (χ1) is 13.8. The highest BCUT2D eigenvalue weighted by Gasteiger charge is 2.42. The second-order valence-electron chi connectivity index (χ2n) is 7.33. The third-order valence-corrected chi connectivity index (χ3v) is 5.44. The molecule has 1 amide bonds. The van der Waals surface area contributed by atoms with Gasteiger partial charge in [-0.05, 0) is 54.2 Å². The topological polar surface area (TPSA) is 29.5 Å². The van der Waals surface area contributed by atoms with Gasteiger partial charge in [-0.15, -0.1) is 0 Å². The highest BCUT2D eigenvalue weighted by Crippen LogP contribution is 2.43. The zero-order valence-corrected chi connectivity index (χ0v) is 15.5. The standard InChI is InChI=1S/C22H19F4NO2/c23-16-6-9-20(22(24,25)26)19(12-16)15-10-17-7-8-18(11-15)27(17)21(28)29-13-14-4-2-1-3-5-14/h1-6,9-10,12,17-18H,7-8,11,13H2. The Morgan fingerprint density at radius 2 is 1.86 bits per heavy atom. The molecule has 2 aromatic rings. The third-order valence-electron chi connectivity index (χ3n) is 5.44. The lowest BCUT2D eigenvalue weighted by Gasteiger charge is -2.33. The quantitative estimate of drug-likeness (QED) is 0.604. The minimum Gasteiger partial charge on any atom is -0.445 e. The average Bonchev–Trinajstić information content (AvgIpc) is 2.95. The van der Waals surface area contributed by atoms with E-state index in [1.807, 2.05) is 30.3 Å². The summed E-state index contributed by atoms with van der Waals surface area (Å²) in [4.78, 5) is 14.2. The molecule has 0 aliphatic carbocycles. The molecular formula is C22H19F4NO2. The Labute approximate surface area is 165 Å². The van der Waals surface area contributed by atoms with E-state index in [2.05, 4.69) is 0 Å². The number of carbonyl (C=O) groups excluding carboxylic acids is 1. The summed E-state index contributed by atoms with van der Waals surface area (Å²) < 4.78 is 59.2. The van der Waals surface area contributed by atoms with Crippen molar-refractivity contribution >= 4 is 11.7 Å². The van der Waals surface area contributed by atoms with Crippen LogP contribution in [0.2, 0.25) is 0 Å². The molecule has 2 bridgehead atoms. The first-order valence-corrected chi connectivity index (χ1v) is 9.40. The predicted molar refractivity (Wildman–Crippen MR) is 99.3 cm³/mol. The fourth-order valence-corrected chi connectivity index (χ4v) is 4.14. The summed E-state index contributed by atoms with van der Waals surface area (Å²) in [6, 6.07) is 11.2. The molecule has 3 nitrogen and oxygen atoms in total. The zero-order chi connectivity index (χ0) is 20.6. The van der Waals surface area contributed by atoms with Gasteiger partial charge in [0.15, 0.2) is 0 Å². The SMILES string of the molecule is O=C(OCc1ccccc1)N1C2C=C(c3cc(F)ccc3C(F)(F)F)CC1CC2. The van der Waals surface area contributed by atoms with E-state index in [-0.39, 0.29) is 30.7 Å². The number of rotatable bonds is 3. The van der Waals surface area contributed by atoms with Crippen molar-refractivity contribution < 1.29 is 27.1 Å². The second-order valence-corrected chi connectivity index (χ2v) is 7.33. The summed E-state index contributed by atoms with van der Waals surface area (Å²) in [6.07, 6.45) is -1.85. The predicted octanol–water partition coefficient (Wildman–Crippen LogP) is 5.80. The van der Waals surface area contributed by atoms with Gasteiger partial charge < -0.3 is 4.74 Å². The van der Waals surface area contributed by atoms with E-state index < -0.39 is 23.7 Å². The lowest BCUT2D eigenvalue weighted by molar-refractivity contribution is -0.137. The van der Waals surface area contributed by atoms with Crippen molar-refractivity contribution in [2.45, 2.75) is 44.1 Å². The zero-order valence-electron chi connectivity index (χ0n) is 15.5. The molecule has 1 fully saturated rings. The number of benzene rings is 2. The number of carbonyl (C=O) groups is 1. The molecule has 4 rings (SSSR count). The monoisotopic (exact) mass is 405 g/mol. The second kappa shape index (κ2) is 7.54. The number of nitrogens with zero attached hydrogens (tertiary/aromatic N) is 1.